The molecule has 1 fully saturated rings. The van der Waals surface area contributed by atoms with Gasteiger partial charge < -0.3 is 15.3 Å². The van der Waals surface area contributed by atoms with Crippen molar-refractivity contribution >= 4 is 12.0 Å². The molecule has 0 radical (unpaired) electrons. The first-order valence-corrected chi connectivity index (χ1v) is 6.88. The number of hydrogen-bond donors (Lipinski definition) is 2. The number of amides is 2. The average molecular weight is 276 g/mol. The predicted octanol–water partition coefficient (Wildman–Crippen LogP) is 1.73. The lowest BCUT2D eigenvalue weighted by Gasteiger charge is -2.21. The van der Waals surface area contributed by atoms with Gasteiger partial charge in [-0.3, -0.25) is 0 Å². The number of hydrogen-bond acceptors (Lipinski definition) is 2. The zero-order valence-electron chi connectivity index (χ0n) is 11.6. The molecule has 20 heavy (non-hydrogen) atoms. The van der Waals surface area contributed by atoms with Crippen LogP contribution in [0, 0.1) is 5.92 Å². The SMILES string of the molecule is CC1CCN(C(=O)NC(Cc2ccccc2)C(=O)O)C1. The molecule has 2 rings (SSSR count). The Labute approximate surface area is 118 Å². The quantitative estimate of drug-likeness (QED) is 0.880. The summed E-state index contributed by atoms with van der Waals surface area (Å²) >= 11 is 0. The zero-order valence-corrected chi connectivity index (χ0v) is 11.6. The Bertz CT molecular complexity index is 475. The second-order valence-corrected chi connectivity index (χ2v) is 5.37. The van der Waals surface area contributed by atoms with Crippen molar-refractivity contribution in [1.29, 1.82) is 0 Å². The van der Waals surface area contributed by atoms with Gasteiger partial charge in [0.15, 0.2) is 0 Å². The van der Waals surface area contributed by atoms with Gasteiger partial charge in [0.25, 0.3) is 0 Å². The molecule has 1 aromatic rings. The highest BCUT2D eigenvalue weighted by atomic mass is 16.4. The Balaban J connectivity index is 1.96. The summed E-state index contributed by atoms with van der Waals surface area (Å²) in [7, 11) is 0. The Hall–Kier alpha value is -2.04. The summed E-state index contributed by atoms with van der Waals surface area (Å²) < 4.78 is 0. The number of nitrogens with zero attached hydrogens (tertiary/aromatic N) is 1. The van der Waals surface area contributed by atoms with Gasteiger partial charge in [-0.15, -0.1) is 0 Å². The monoisotopic (exact) mass is 276 g/mol. The van der Waals surface area contributed by atoms with Crippen molar-refractivity contribution in [2.45, 2.75) is 25.8 Å². The highest BCUT2D eigenvalue weighted by molar-refractivity contribution is 5.83. The van der Waals surface area contributed by atoms with Crippen molar-refractivity contribution in [2.75, 3.05) is 13.1 Å². The largest absolute Gasteiger partial charge is 0.480 e. The maximum Gasteiger partial charge on any atom is 0.326 e. The number of carbonyl (C=O) groups is 2. The van der Waals surface area contributed by atoms with Gasteiger partial charge in [-0.05, 0) is 17.9 Å². The van der Waals surface area contributed by atoms with Crippen molar-refractivity contribution in [3.63, 3.8) is 0 Å². The Morgan fingerprint density at radius 1 is 1.40 bits per heavy atom. The van der Waals surface area contributed by atoms with E-state index in [1.807, 2.05) is 30.3 Å². The van der Waals surface area contributed by atoms with E-state index >= 15 is 0 Å². The number of nitrogens with one attached hydrogen (secondary N) is 1. The highest BCUT2D eigenvalue weighted by Gasteiger charge is 2.27. The summed E-state index contributed by atoms with van der Waals surface area (Å²) in [6.45, 7) is 3.49. The van der Waals surface area contributed by atoms with Crippen LogP contribution in [0.3, 0.4) is 0 Å². The molecule has 0 aromatic heterocycles. The molecule has 2 amide bonds. The molecule has 1 aromatic carbocycles. The van der Waals surface area contributed by atoms with Crippen LogP contribution in [-0.4, -0.2) is 41.1 Å². The summed E-state index contributed by atoms with van der Waals surface area (Å²) in [4.78, 5) is 25.0. The molecular weight excluding hydrogens is 256 g/mol. The van der Waals surface area contributed by atoms with Gasteiger partial charge in [-0.25, -0.2) is 9.59 Å². The fourth-order valence-corrected chi connectivity index (χ4v) is 2.41. The number of carboxylic acids is 1. The molecule has 108 valence electrons. The molecule has 1 heterocycles. The van der Waals surface area contributed by atoms with Crippen LogP contribution in [0.25, 0.3) is 0 Å². The molecule has 1 aliphatic heterocycles. The number of urea groups is 1. The fourth-order valence-electron chi connectivity index (χ4n) is 2.41. The van der Waals surface area contributed by atoms with Crippen LogP contribution >= 0.6 is 0 Å². The molecule has 0 aliphatic carbocycles. The molecule has 2 atom stereocenters. The number of aliphatic carboxylic acids is 1. The Morgan fingerprint density at radius 2 is 2.10 bits per heavy atom. The number of benzene rings is 1. The van der Waals surface area contributed by atoms with Crippen LogP contribution in [0.15, 0.2) is 30.3 Å². The van der Waals surface area contributed by atoms with E-state index in [0.717, 1.165) is 12.0 Å². The fraction of sp³-hybridized carbons (Fsp3) is 0.467. The molecular formula is C15H20N2O3. The molecule has 0 bridgehead atoms. The van der Waals surface area contributed by atoms with E-state index in [9.17, 15) is 14.7 Å². The smallest absolute Gasteiger partial charge is 0.326 e. The van der Waals surface area contributed by atoms with Crippen molar-refractivity contribution in [2.24, 2.45) is 5.92 Å². The topological polar surface area (TPSA) is 69.6 Å². The number of carboxylic acid groups (broad SMARTS) is 1. The molecule has 2 N–H and O–H groups in total. The lowest BCUT2D eigenvalue weighted by Crippen LogP contribution is -2.48. The van der Waals surface area contributed by atoms with E-state index in [0.29, 0.717) is 25.4 Å². The van der Waals surface area contributed by atoms with E-state index in [-0.39, 0.29) is 6.03 Å². The first kappa shape index (κ1) is 14.4. The number of carbonyl (C=O) groups excluding carboxylic acids is 1. The Kier molecular flexibility index (Phi) is 4.61. The maximum atomic E-state index is 12.0. The van der Waals surface area contributed by atoms with Crippen molar-refractivity contribution in [3.05, 3.63) is 35.9 Å². The molecule has 2 unspecified atom stereocenters. The second-order valence-electron chi connectivity index (χ2n) is 5.37. The first-order chi connectivity index (χ1) is 9.56. The predicted molar refractivity (Wildman–Crippen MR) is 75.5 cm³/mol. The van der Waals surface area contributed by atoms with Crippen LogP contribution in [-0.2, 0) is 11.2 Å². The maximum absolute atomic E-state index is 12.0. The van der Waals surface area contributed by atoms with Gasteiger partial charge in [0, 0.05) is 19.5 Å². The molecule has 0 spiro atoms. The van der Waals surface area contributed by atoms with Crippen LogP contribution in [0.5, 0.6) is 0 Å². The normalized spacial score (nSPS) is 19.6. The van der Waals surface area contributed by atoms with Gasteiger partial charge in [-0.1, -0.05) is 37.3 Å². The Morgan fingerprint density at radius 3 is 2.65 bits per heavy atom. The second kappa shape index (κ2) is 6.41. The first-order valence-electron chi connectivity index (χ1n) is 6.88. The van der Waals surface area contributed by atoms with Gasteiger partial charge in [0.05, 0.1) is 0 Å². The molecule has 5 heteroatoms. The van der Waals surface area contributed by atoms with E-state index in [4.69, 9.17) is 0 Å². The summed E-state index contributed by atoms with van der Waals surface area (Å²) in [5.41, 5.74) is 0.898. The van der Waals surface area contributed by atoms with Crippen LogP contribution < -0.4 is 5.32 Å². The molecule has 0 saturated carbocycles. The molecule has 1 saturated heterocycles. The van der Waals surface area contributed by atoms with E-state index in [1.54, 1.807) is 4.90 Å². The number of rotatable bonds is 4. The van der Waals surface area contributed by atoms with Crippen LogP contribution in [0.4, 0.5) is 4.79 Å². The van der Waals surface area contributed by atoms with Crippen molar-refractivity contribution < 1.29 is 14.7 Å². The third-order valence-corrected chi connectivity index (χ3v) is 3.59. The number of likely N-dealkylation sites (tertiary alicyclic amines) is 1. The lowest BCUT2D eigenvalue weighted by molar-refractivity contribution is -0.139. The standard InChI is InChI=1S/C15H20N2O3/c1-11-7-8-17(10-11)15(20)16-13(14(18)19)9-12-5-3-2-4-6-12/h2-6,11,13H,7-10H2,1H3,(H,16,20)(H,18,19). The minimum absolute atomic E-state index is 0.280. The molecule has 1 aliphatic rings. The zero-order chi connectivity index (χ0) is 14.5. The summed E-state index contributed by atoms with van der Waals surface area (Å²) in [6, 6.07) is 8.15. The van der Waals surface area contributed by atoms with Gasteiger partial charge in [0.1, 0.15) is 6.04 Å². The lowest BCUT2D eigenvalue weighted by atomic mass is 10.1. The third kappa shape index (κ3) is 3.73. The minimum Gasteiger partial charge on any atom is -0.480 e. The van der Waals surface area contributed by atoms with Crippen molar-refractivity contribution in [1.82, 2.24) is 10.2 Å². The average Bonchev–Trinajstić information content (AvgIpc) is 2.86. The van der Waals surface area contributed by atoms with Crippen molar-refractivity contribution in [3.8, 4) is 0 Å². The third-order valence-electron chi connectivity index (χ3n) is 3.59. The van der Waals surface area contributed by atoms with E-state index < -0.39 is 12.0 Å². The highest BCUT2D eigenvalue weighted by Crippen LogP contribution is 2.15. The van der Waals surface area contributed by atoms with Gasteiger partial charge in [-0.2, -0.15) is 0 Å². The van der Waals surface area contributed by atoms with Gasteiger partial charge >= 0.3 is 12.0 Å². The van der Waals surface area contributed by atoms with Crippen LogP contribution in [0.2, 0.25) is 0 Å². The summed E-state index contributed by atoms with van der Waals surface area (Å²) in [5.74, 6) is -0.521. The summed E-state index contributed by atoms with van der Waals surface area (Å²) in [5, 5.41) is 11.9. The van der Waals surface area contributed by atoms with E-state index in [2.05, 4.69) is 12.2 Å². The van der Waals surface area contributed by atoms with E-state index in [1.165, 1.54) is 0 Å². The minimum atomic E-state index is -1.01. The molecule has 5 nitrogen and oxygen atoms in total. The summed E-state index contributed by atoms with van der Waals surface area (Å²) in [6.07, 6.45) is 1.27. The van der Waals surface area contributed by atoms with Crippen LogP contribution in [0.1, 0.15) is 18.9 Å². The van der Waals surface area contributed by atoms with Gasteiger partial charge in [0.2, 0.25) is 0 Å².